The average molecular weight is 240 g/mol. The summed E-state index contributed by atoms with van der Waals surface area (Å²) in [7, 11) is 0. The van der Waals surface area contributed by atoms with Gasteiger partial charge in [0, 0.05) is 17.5 Å². The summed E-state index contributed by atoms with van der Waals surface area (Å²) in [5.74, 6) is 0. The minimum atomic E-state index is 0.679. The van der Waals surface area contributed by atoms with Crippen LogP contribution in [0.2, 0.25) is 0 Å². The van der Waals surface area contributed by atoms with Crippen LogP contribution in [-0.4, -0.2) is 23.2 Å². The van der Waals surface area contributed by atoms with E-state index < -0.39 is 0 Å². The predicted octanol–water partition coefficient (Wildman–Crippen LogP) is 2.91. The Kier molecular flexibility index (Phi) is 2.84. The molecule has 0 amide bonds. The van der Waals surface area contributed by atoms with Gasteiger partial charge in [-0.3, -0.25) is 9.97 Å². The summed E-state index contributed by atoms with van der Waals surface area (Å²) in [5, 5.41) is 0. The molecule has 0 atom stereocenters. The van der Waals surface area contributed by atoms with E-state index in [1.54, 1.807) is 0 Å². The lowest BCUT2D eigenvalue weighted by molar-refractivity contribution is 0.216. The molecule has 3 heteroatoms. The Labute approximate surface area is 107 Å². The Morgan fingerprint density at radius 1 is 1.33 bits per heavy atom. The van der Waals surface area contributed by atoms with E-state index in [-0.39, 0.29) is 0 Å². The maximum atomic E-state index is 5.43. The van der Waals surface area contributed by atoms with Gasteiger partial charge in [0.25, 0.3) is 0 Å². The summed E-state index contributed by atoms with van der Waals surface area (Å²) in [6.07, 6.45) is 5.01. The molecule has 2 aromatic rings. The molecule has 0 aromatic carbocycles. The van der Waals surface area contributed by atoms with Crippen molar-refractivity contribution in [2.75, 3.05) is 13.2 Å². The van der Waals surface area contributed by atoms with Crippen molar-refractivity contribution in [1.29, 1.82) is 0 Å². The lowest BCUT2D eigenvalue weighted by Crippen LogP contribution is -1.99. The molecular formula is C15H16N2O. The number of nitrogens with zero attached hydrogens (tertiary/aromatic N) is 2. The molecule has 0 aliphatic carbocycles. The van der Waals surface area contributed by atoms with Crippen LogP contribution >= 0.6 is 0 Å². The highest BCUT2D eigenvalue weighted by molar-refractivity contribution is 5.90. The van der Waals surface area contributed by atoms with Gasteiger partial charge in [-0.15, -0.1) is 0 Å². The zero-order chi connectivity index (χ0) is 12.5. The highest BCUT2D eigenvalue weighted by atomic mass is 16.5. The van der Waals surface area contributed by atoms with Gasteiger partial charge >= 0.3 is 0 Å². The van der Waals surface area contributed by atoms with E-state index in [1.165, 1.54) is 16.7 Å². The van der Waals surface area contributed by atoms with Gasteiger partial charge in [0.2, 0.25) is 0 Å². The zero-order valence-electron chi connectivity index (χ0n) is 10.7. The van der Waals surface area contributed by atoms with Crippen molar-refractivity contribution in [3.05, 3.63) is 41.2 Å². The SMILES string of the molecule is CCc1ccc2ncc(C)c(C3=CCOC3)c2n1. The molecule has 1 aliphatic rings. The molecule has 0 fully saturated rings. The van der Waals surface area contributed by atoms with Crippen molar-refractivity contribution in [1.82, 2.24) is 9.97 Å². The minimum absolute atomic E-state index is 0.679. The molecule has 3 nitrogen and oxygen atoms in total. The van der Waals surface area contributed by atoms with Gasteiger partial charge in [-0.2, -0.15) is 0 Å². The van der Waals surface area contributed by atoms with Gasteiger partial charge in [-0.25, -0.2) is 0 Å². The van der Waals surface area contributed by atoms with Crippen molar-refractivity contribution in [3.8, 4) is 0 Å². The average Bonchev–Trinajstić information content (AvgIpc) is 2.91. The summed E-state index contributed by atoms with van der Waals surface area (Å²) >= 11 is 0. The molecule has 1 aliphatic heterocycles. The van der Waals surface area contributed by atoms with Crippen LogP contribution in [0.3, 0.4) is 0 Å². The molecule has 0 saturated heterocycles. The molecule has 3 heterocycles. The van der Waals surface area contributed by atoms with Gasteiger partial charge in [-0.1, -0.05) is 13.0 Å². The molecule has 3 rings (SSSR count). The van der Waals surface area contributed by atoms with E-state index in [9.17, 15) is 0 Å². The van der Waals surface area contributed by atoms with Crippen LogP contribution in [0, 0.1) is 6.92 Å². The minimum Gasteiger partial charge on any atom is -0.373 e. The van der Waals surface area contributed by atoms with Crippen LogP contribution in [-0.2, 0) is 11.2 Å². The van der Waals surface area contributed by atoms with E-state index in [1.807, 2.05) is 12.3 Å². The van der Waals surface area contributed by atoms with Crippen LogP contribution in [0.5, 0.6) is 0 Å². The maximum absolute atomic E-state index is 5.43. The first-order chi connectivity index (χ1) is 8.79. The predicted molar refractivity (Wildman–Crippen MR) is 72.4 cm³/mol. The Balaban J connectivity index is 2.29. The molecule has 18 heavy (non-hydrogen) atoms. The maximum Gasteiger partial charge on any atom is 0.0968 e. The second kappa shape index (κ2) is 4.50. The third-order valence-electron chi connectivity index (χ3n) is 3.35. The summed E-state index contributed by atoms with van der Waals surface area (Å²) in [5.41, 5.74) is 6.68. The van der Waals surface area contributed by atoms with Crippen molar-refractivity contribution in [2.45, 2.75) is 20.3 Å². The van der Waals surface area contributed by atoms with Gasteiger partial charge in [0.05, 0.1) is 24.2 Å². The first kappa shape index (κ1) is 11.4. The molecule has 0 bridgehead atoms. The van der Waals surface area contributed by atoms with Crippen LogP contribution in [0.1, 0.15) is 23.7 Å². The van der Waals surface area contributed by atoms with Crippen molar-refractivity contribution < 1.29 is 4.74 Å². The number of fused-ring (bicyclic) bond motifs is 1. The number of hydrogen-bond donors (Lipinski definition) is 0. The molecular weight excluding hydrogens is 224 g/mol. The van der Waals surface area contributed by atoms with E-state index >= 15 is 0 Å². The zero-order valence-corrected chi connectivity index (χ0v) is 10.7. The fourth-order valence-electron chi connectivity index (χ4n) is 2.36. The monoisotopic (exact) mass is 240 g/mol. The lowest BCUT2D eigenvalue weighted by Gasteiger charge is -2.10. The molecule has 0 radical (unpaired) electrons. The van der Waals surface area contributed by atoms with Crippen LogP contribution < -0.4 is 0 Å². The van der Waals surface area contributed by atoms with Gasteiger partial charge in [0.15, 0.2) is 0 Å². The van der Waals surface area contributed by atoms with E-state index in [0.29, 0.717) is 13.2 Å². The summed E-state index contributed by atoms with van der Waals surface area (Å²) < 4.78 is 5.43. The quantitative estimate of drug-likeness (QED) is 0.809. The molecule has 92 valence electrons. The molecule has 0 N–H and O–H groups in total. The standard InChI is InChI=1S/C15H16N2O/c1-3-12-4-5-13-15(17-12)14(10(2)8-16-13)11-6-7-18-9-11/h4-6,8H,3,7,9H2,1-2H3. The Bertz CT molecular complexity index is 632. The Morgan fingerprint density at radius 3 is 2.94 bits per heavy atom. The summed E-state index contributed by atoms with van der Waals surface area (Å²) in [6, 6.07) is 4.11. The number of aromatic nitrogens is 2. The first-order valence-electron chi connectivity index (χ1n) is 6.32. The second-order valence-electron chi connectivity index (χ2n) is 4.58. The van der Waals surface area contributed by atoms with E-state index in [4.69, 9.17) is 9.72 Å². The number of aryl methyl sites for hydroxylation is 2. The van der Waals surface area contributed by atoms with Gasteiger partial charge in [-0.05, 0) is 36.6 Å². The van der Waals surface area contributed by atoms with Crippen molar-refractivity contribution in [2.24, 2.45) is 0 Å². The lowest BCUT2D eigenvalue weighted by atomic mass is 10.0. The second-order valence-corrected chi connectivity index (χ2v) is 4.58. The molecule has 0 spiro atoms. The first-order valence-corrected chi connectivity index (χ1v) is 6.32. The summed E-state index contributed by atoms with van der Waals surface area (Å²) in [6.45, 7) is 5.58. The highest BCUT2D eigenvalue weighted by Gasteiger charge is 2.15. The molecule has 2 aromatic heterocycles. The van der Waals surface area contributed by atoms with Gasteiger partial charge in [0.1, 0.15) is 0 Å². The number of pyridine rings is 2. The molecule has 0 unspecified atom stereocenters. The molecule has 0 saturated carbocycles. The normalized spacial score (nSPS) is 15.1. The fourth-order valence-corrected chi connectivity index (χ4v) is 2.36. The van der Waals surface area contributed by atoms with Crippen molar-refractivity contribution >= 4 is 16.6 Å². The van der Waals surface area contributed by atoms with Crippen LogP contribution in [0.25, 0.3) is 16.6 Å². The smallest absolute Gasteiger partial charge is 0.0968 e. The van der Waals surface area contributed by atoms with Crippen LogP contribution in [0.15, 0.2) is 24.4 Å². The Morgan fingerprint density at radius 2 is 2.22 bits per heavy atom. The van der Waals surface area contributed by atoms with E-state index in [0.717, 1.165) is 23.1 Å². The van der Waals surface area contributed by atoms with Crippen LogP contribution in [0.4, 0.5) is 0 Å². The topological polar surface area (TPSA) is 35.0 Å². The largest absolute Gasteiger partial charge is 0.373 e. The third kappa shape index (κ3) is 1.81. The summed E-state index contributed by atoms with van der Waals surface area (Å²) in [4.78, 5) is 9.20. The highest BCUT2D eigenvalue weighted by Crippen LogP contribution is 2.28. The number of rotatable bonds is 2. The Hall–Kier alpha value is -1.74. The number of hydrogen-bond acceptors (Lipinski definition) is 3. The van der Waals surface area contributed by atoms with Crippen molar-refractivity contribution in [3.63, 3.8) is 0 Å². The van der Waals surface area contributed by atoms with E-state index in [2.05, 4.69) is 31.0 Å². The number of ether oxygens (including phenoxy) is 1. The third-order valence-corrected chi connectivity index (χ3v) is 3.35. The van der Waals surface area contributed by atoms with Gasteiger partial charge < -0.3 is 4.74 Å². The fraction of sp³-hybridized carbons (Fsp3) is 0.333.